The third kappa shape index (κ3) is 4.07. The molecule has 0 saturated heterocycles. The minimum Gasteiger partial charge on any atom is -0.326 e. The molecule has 0 bridgehead atoms. The molecule has 0 heterocycles. The van der Waals surface area contributed by atoms with E-state index in [0.29, 0.717) is 0 Å². The topological polar surface area (TPSA) is 29.1 Å². The third-order valence-corrected chi connectivity index (χ3v) is 3.86. The first-order chi connectivity index (χ1) is 9.70. The zero-order chi connectivity index (χ0) is 14.4. The zero-order valence-electron chi connectivity index (χ0n) is 11.5. The van der Waals surface area contributed by atoms with Crippen molar-refractivity contribution in [2.45, 2.75) is 25.7 Å². The lowest BCUT2D eigenvalue weighted by molar-refractivity contribution is -0.117. The lowest BCUT2D eigenvalue weighted by Crippen LogP contribution is -2.21. The molecule has 2 aromatic carbocycles. The average Bonchev–Trinajstić information content (AvgIpc) is 2.45. The van der Waals surface area contributed by atoms with Gasteiger partial charge < -0.3 is 5.32 Å². The fraction of sp³-hybridized carbons (Fsp3) is 0.235. The molecule has 0 spiro atoms. The predicted molar refractivity (Wildman–Crippen MR) is 91.9 cm³/mol. The normalized spacial score (nSPS) is 11.9. The molecule has 2 nitrogen and oxygen atoms in total. The zero-order valence-corrected chi connectivity index (χ0v) is 13.6. The Kier molecular flexibility index (Phi) is 5.59. The second-order valence-electron chi connectivity index (χ2n) is 4.75. The molecule has 2 rings (SSSR count). The highest BCUT2D eigenvalue weighted by atomic mass is 127. The van der Waals surface area contributed by atoms with E-state index in [9.17, 15) is 4.79 Å². The minimum absolute atomic E-state index is 0.0695. The van der Waals surface area contributed by atoms with E-state index in [1.54, 1.807) is 0 Å². The van der Waals surface area contributed by atoms with Gasteiger partial charge in [-0.25, -0.2) is 0 Å². The number of anilines is 1. The molecule has 1 amide bonds. The van der Waals surface area contributed by atoms with Crippen LogP contribution in [0, 0.1) is 3.57 Å². The van der Waals surface area contributed by atoms with Crippen molar-refractivity contribution in [3.8, 4) is 0 Å². The first-order valence-electron chi connectivity index (χ1n) is 6.82. The molecule has 20 heavy (non-hydrogen) atoms. The Morgan fingerprint density at radius 1 is 1.15 bits per heavy atom. The second kappa shape index (κ2) is 7.43. The number of nitrogens with one attached hydrogen (secondary N) is 1. The highest BCUT2D eigenvalue weighted by Crippen LogP contribution is 2.23. The Morgan fingerprint density at radius 2 is 1.90 bits per heavy atom. The van der Waals surface area contributed by atoms with Crippen molar-refractivity contribution in [1.82, 2.24) is 0 Å². The van der Waals surface area contributed by atoms with Gasteiger partial charge in [0.25, 0.3) is 0 Å². The van der Waals surface area contributed by atoms with E-state index in [0.717, 1.165) is 27.7 Å². The summed E-state index contributed by atoms with van der Waals surface area (Å²) < 4.78 is 1.12. The van der Waals surface area contributed by atoms with Gasteiger partial charge in [0.15, 0.2) is 0 Å². The Bertz CT molecular complexity index is 568. The van der Waals surface area contributed by atoms with Crippen LogP contribution in [-0.4, -0.2) is 5.91 Å². The fourth-order valence-electron chi connectivity index (χ4n) is 2.22. The van der Waals surface area contributed by atoms with Crippen LogP contribution in [0.5, 0.6) is 0 Å². The van der Waals surface area contributed by atoms with Crippen molar-refractivity contribution in [3.63, 3.8) is 0 Å². The maximum Gasteiger partial charge on any atom is 0.231 e. The van der Waals surface area contributed by atoms with E-state index in [1.165, 1.54) is 0 Å². The van der Waals surface area contributed by atoms with Crippen LogP contribution in [0.2, 0.25) is 0 Å². The number of carbonyl (C=O) groups is 1. The molecule has 104 valence electrons. The quantitative estimate of drug-likeness (QED) is 0.742. The molecular weight excluding hydrogens is 361 g/mol. The second-order valence-corrected chi connectivity index (χ2v) is 6.00. The maximum absolute atomic E-state index is 12.5. The molecule has 0 aliphatic carbocycles. The maximum atomic E-state index is 12.5. The summed E-state index contributed by atoms with van der Waals surface area (Å²) in [5.41, 5.74) is 1.94. The number of carbonyl (C=O) groups excluding carboxylic acids is 1. The summed E-state index contributed by atoms with van der Waals surface area (Å²) >= 11 is 2.25. The SMILES string of the molecule is CCC[C@H](C(=O)Nc1cccc(I)c1)c1ccccc1. The van der Waals surface area contributed by atoms with Crippen LogP contribution in [0.25, 0.3) is 0 Å². The summed E-state index contributed by atoms with van der Waals surface area (Å²) in [6, 6.07) is 17.9. The standard InChI is InChI=1S/C17H18INO/c1-2-7-16(13-8-4-3-5-9-13)17(20)19-15-11-6-10-14(18)12-15/h3-6,8-12,16H,2,7H2,1H3,(H,19,20)/t16-/m0/s1. The molecule has 0 aromatic heterocycles. The van der Waals surface area contributed by atoms with E-state index in [2.05, 4.69) is 34.8 Å². The van der Waals surface area contributed by atoms with E-state index < -0.39 is 0 Å². The summed E-state index contributed by atoms with van der Waals surface area (Å²) in [4.78, 5) is 12.5. The molecular formula is C17H18INO. The summed E-state index contributed by atoms with van der Waals surface area (Å²) in [6.45, 7) is 2.11. The predicted octanol–water partition coefficient (Wildman–Crippen LogP) is 4.81. The molecule has 0 saturated carbocycles. The molecule has 3 heteroatoms. The number of halogens is 1. The van der Waals surface area contributed by atoms with E-state index in [1.807, 2.05) is 54.6 Å². The van der Waals surface area contributed by atoms with Crippen LogP contribution in [0.4, 0.5) is 5.69 Å². The number of benzene rings is 2. The molecule has 0 aliphatic rings. The largest absolute Gasteiger partial charge is 0.326 e. The van der Waals surface area contributed by atoms with Crippen molar-refractivity contribution < 1.29 is 4.79 Å². The highest BCUT2D eigenvalue weighted by molar-refractivity contribution is 14.1. The fourth-order valence-corrected chi connectivity index (χ4v) is 2.76. The van der Waals surface area contributed by atoms with Gasteiger partial charge in [0.05, 0.1) is 5.92 Å². The van der Waals surface area contributed by atoms with Crippen LogP contribution >= 0.6 is 22.6 Å². The molecule has 0 radical (unpaired) electrons. The van der Waals surface area contributed by atoms with Gasteiger partial charge in [-0.05, 0) is 52.8 Å². The molecule has 1 atom stereocenters. The molecule has 2 aromatic rings. The van der Waals surface area contributed by atoms with E-state index in [4.69, 9.17) is 0 Å². The van der Waals surface area contributed by atoms with Crippen LogP contribution in [0.1, 0.15) is 31.2 Å². The summed E-state index contributed by atoms with van der Waals surface area (Å²) in [7, 11) is 0. The number of hydrogen-bond donors (Lipinski definition) is 1. The number of rotatable bonds is 5. The van der Waals surface area contributed by atoms with Crippen molar-refractivity contribution in [2.24, 2.45) is 0 Å². The number of hydrogen-bond acceptors (Lipinski definition) is 1. The first-order valence-corrected chi connectivity index (χ1v) is 7.90. The van der Waals surface area contributed by atoms with Gasteiger partial charge in [-0.15, -0.1) is 0 Å². The molecule has 0 aliphatic heterocycles. The van der Waals surface area contributed by atoms with Gasteiger partial charge in [0.2, 0.25) is 5.91 Å². The average molecular weight is 379 g/mol. The van der Waals surface area contributed by atoms with Crippen molar-refractivity contribution in [2.75, 3.05) is 5.32 Å². The smallest absolute Gasteiger partial charge is 0.231 e. The van der Waals surface area contributed by atoms with E-state index >= 15 is 0 Å². The van der Waals surface area contributed by atoms with Gasteiger partial charge in [0, 0.05) is 9.26 Å². The summed E-state index contributed by atoms with van der Waals surface area (Å²) in [6.07, 6.45) is 1.85. The summed E-state index contributed by atoms with van der Waals surface area (Å²) in [5.74, 6) is -0.0147. The van der Waals surface area contributed by atoms with E-state index in [-0.39, 0.29) is 11.8 Å². The highest BCUT2D eigenvalue weighted by Gasteiger charge is 2.19. The van der Waals surface area contributed by atoms with Gasteiger partial charge in [-0.3, -0.25) is 4.79 Å². The van der Waals surface area contributed by atoms with Gasteiger partial charge >= 0.3 is 0 Å². The van der Waals surface area contributed by atoms with Crippen LogP contribution in [0.15, 0.2) is 54.6 Å². The van der Waals surface area contributed by atoms with Crippen LogP contribution in [0.3, 0.4) is 0 Å². The summed E-state index contributed by atoms with van der Waals surface area (Å²) in [5, 5.41) is 3.02. The van der Waals surface area contributed by atoms with Crippen molar-refractivity contribution in [1.29, 1.82) is 0 Å². The monoisotopic (exact) mass is 379 g/mol. The van der Waals surface area contributed by atoms with Gasteiger partial charge in [-0.1, -0.05) is 49.7 Å². The van der Waals surface area contributed by atoms with Crippen molar-refractivity contribution in [3.05, 3.63) is 63.7 Å². The van der Waals surface area contributed by atoms with Crippen LogP contribution < -0.4 is 5.32 Å². The Labute approximate surface area is 133 Å². The Morgan fingerprint density at radius 3 is 2.55 bits per heavy atom. The van der Waals surface area contributed by atoms with Gasteiger partial charge in [-0.2, -0.15) is 0 Å². The van der Waals surface area contributed by atoms with Crippen LogP contribution in [-0.2, 0) is 4.79 Å². The van der Waals surface area contributed by atoms with Gasteiger partial charge in [0.1, 0.15) is 0 Å². The Balaban J connectivity index is 2.15. The minimum atomic E-state index is -0.0842. The number of amides is 1. The molecule has 0 unspecified atom stereocenters. The first kappa shape index (κ1) is 15.0. The lowest BCUT2D eigenvalue weighted by atomic mass is 9.93. The Hall–Kier alpha value is -1.36. The lowest BCUT2D eigenvalue weighted by Gasteiger charge is -2.16. The van der Waals surface area contributed by atoms with Crippen molar-refractivity contribution >= 4 is 34.2 Å². The molecule has 1 N–H and O–H groups in total. The molecule has 0 fully saturated rings. The third-order valence-electron chi connectivity index (χ3n) is 3.19.